The number of ether oxygens (including phenoxy) is 4. The molecule has 23 heavy (non-hydrogen) atoms. The normalized spacial score (nSPS) is 19.4. The van der Waals surface area contributed by atoms with Gasteiger partial charge in [0.25, 0.3) is 5.79 Å². The molecule has 1 fully saturated rings. The van der Waals surface area contributed by atoms with E-state index in [9.17, 15) is 19.2 Å². The molecule has 0 spiro atoms. The second-order valence-electron chi connectivity index (χ2n) is 4.72. The van der Waals surface area contributed by atoms with Crippen molar-refractivity contribution in [2.24, 2.45) is 0 Å². The molecule has 1 N–H and O–H groups in total. The zero-order valence-corrected chi connectivity index (χ0v) is 18.1. The van der Waals surface area contributed by atoms with Gasteiger partial charge >= 0.3 is 82.1 Å². The summed E-state index contributed by atoms with van der Waals surface area (Å²) in [5.74, 6) is -3.69. The van der Waals surface area contributed by atoms with E-state index < -0.39 is 29.7 Å². The standard InChI is InChI=1S/C7H7O5.C6H8O4.Rb/c1-4-11-5(2-6(8)9)3-7(10)12-4;1-6(2)9-4(7)3-5(8)10-6;/h3H,2H2,1H3,(H,8,9);3H2,1-2H3;/q-1;;+1. The predicted molar refractivity (Wildman–Crippen MR) is 67.3 cm³/mol. The molecule has 0 atom stereocenters. The van der Waals surface area contributed by atoms with Crippen LogP contribution in [0.4, 0.5) is 0 Å². The van der Waals surface area contributed by atoms with E-state index in [1.54, 1.807) is 0 Å². The third kappa shape index (κ3) is 9.18. The van der Waals surface area contributed by atoms with E-state index in [0.717, 1.165) is 6.08 Å². The molecule has 122 valence electrons. The maximum absolute atomic E-state index is 10.7. The van der Waals surface area contributed by atoms with Crippen molar-refractivity contribution in [3.63, 3.8) is 0 Å². The molecule has 2 aliphatic heterocycles. The van der Waals surface area contributed by atoms with Crippen LogP contribution in [-0.4, -0.2) is 34.8 Å². The molecular formula is C13H15O9Rb. The van der Waals surface area contributed by atoms with Crippen LogP contribution in [0.5, 0.6) is 0 Å². The Balaban J connectivity index is 0.000000409. The van der Waals surface area contributed by atoms with Gasteiger partial charge in [-0.15, -0.1) is 6.92 Å². The van der Waals surface area contributed by atoms with E-state index in [4.69, 9.17) is 9.84 Å². The molecule has 0 bridgehead atoms. The molecule has 0 saturated carbocycles. The van der Waals surface area contributed by atoms with Gasteiger partial charge in [-0.2, -0.15) is 0 Å². The van der Waals surface area contributed by atoms with Gasteiger partial charge in [-0.05, 0) is 0 Å². The van der Waals surface area contributed by atoms with Crippen molar-refractivity contribution in [1.29, 1.82) is 0 Å². The van der Waals surface area contributed by atoms with Crippen molar-refractivity contribution in [2.45, 2.75) is 39.4 Å². The summed E-state index contributed by atoms with van der Waals surface area (Å²) in [5, 5.41) is 8.36. The molecular weight excluding hydrogens is 386 g/mol. The largest absolute Gasteiger partial charge is 1.00 e. The molecule has 10 heteroatoms. The smallest absolute Gasteiger partial charge is 0.622 e. The average Bonchev–Trinajstić information content (AvgIpc) is 2.22. The van der Waals surface area contributed by atoms with Gasteiger partial charge in [-0.3, -0.25) is 14.4 Å². The molecule has 0 amide bonds. The summed E-state index contributed by atoms with van der Waals surface area (Å²) in [4.78, 5) is 42.0. The second kappa shape index (κ2) is 9.50. The number of aliphatic carboxylic acids is 1. The van der Waals surface area contributed by atoms with Crippen molar-refractivity contribution >= 4 is 23.9 Å². The molecule has 1 saturated heterocycles. The Hall–Kier alpha value is -0.775. The Labute approximate surface area is 181 Å². The Bertz CT molecular complexity index is 506. The zero-order chi connectivity index (χ0) is 16.9. The van der Waals surface area contributed by atoms with E-state index >= 15 is 0 Å². The first-order valence-electron chi connectivity index (χ1n) is 6.16. The number of carboxylic acids is 1. The molecule has 2 rings (SSSR count). The predicted octanol–water partition coefficient (Wildman–Crippen LogP) is -2.36. The topological polar surface area (TPSA) is 125 Å². The van der Waals surface area contributed by atoms with E-state index in [0.29, 0.717) is 0 Å². The molecule has 9 nitrogen and oxygen atoms in total. The molecule has 0 unspecified atom stereocenters. The van der Waals surface area contributed by atoms with Crippen molar-refractivity contribution in [3.8, 4) is 0 Å². The average molecular weight is 401 g/mol. The van der Waals surface area contributed by atoms with Crippen LogP contribution >= 0.6 is 0 Å². The van der Waals surface area contributed by atoms with Crippen LogP contribution in [0.25, 0.3) is 0 Å². The van der Waals surface area contributed by atoms with Crippen LogP contribution in [0, 0.1) is 6.29 Å². The fourth-order valence-corrected chi connectivity index (χ4v) is 1.53. The Morgan fingerprint density at radius 3 is 2.13 bits per heavy atom. The monoisotopic (exact) mass is 400 g/mol. The van der Waals surface area contributed by atoms with Crippen LogP contribution < -0.4 is 58.2 Å². The van der Waals surface area contributed by atoms with Crippen molar-refractivity contribution in [2.75, 3.05) is 0 Å². The van der Waals surface area contributed by atoms with E-state index in [-0.39, 0.29) is 83.1 Å². The molecule has 0 radical (unpaired) electrons. The summed E-state index contributed by atoms with van der Waals surface area (Å²) >= 11 is 0. The molecule has 0 aromatic carbocycles. The van der Waals surface area contributed by atoms with Gasteiger partial charge in [-0.25, -0.2) is 4.79 Å². The molecule has 2 aliphatic rings. The number of esters is 3. The third-order valence-corrected chi connectivity index (χ3v) is 2.13. The minimum Gasteiger partial charge on any atom is -0.622 e. The first-order chi connectivity index (χ1) is 10.1. The van der Waals surface area contributed by atoms with E-state index in [2.05, 4.69) is 14.2 Å². The summed E-state index contributed by atoms with van der Waals surface area (Å²) in [5.41, 5.74) is 0. The molecule has 0 aromatic rings. The first kappa shape index (κ1) is 22.2. The van der Waals surface area contributed by atoms with Crippen molar-refractivity contribution in [1.82, 2.24) is 0 Å². The summed E-state index contributed by atoms with van der Waals surface area (Å²) < 4.78 is 18.6. The van der Waals surface area contributed by atoms with Crippen LogP contribution in [0.1, 0.15) is 33.6 Å². The van der Waals surface area contributed by atoms with E-state index in [1.165, 1.54) is 20.8 Å². The first-order valence-corrected chi connectivity index (χ1v) is 6.16. The Kier molecular flexibility index (Phi) is 9.18. The molecule has 0 aliphatic carbocycles. The number of carbonyl (C=O) groups is 4. The van der Waals surface area contributed by atoms with Crippen LogP contribution in [0.3, 0.4) is 0 Å². The Morgan fingerprint density at radius 1 is 1.22 bits per heavy atom. The van der Waals surface area contributed by atoms with Crippen molar-refractivity contribution in [3.05, 3.63) is 18.1 Å². The van der Waals surface area contributed by atoms with Gasteiger partial charge in [0.05, 0.1) is 11.8 Å². The number of rotatable bonds is 2. The van der Waals surface area contributed by atoms with Crippen LogP contribution in [-0.2, 0) is 38.1 Å². The maximum Gasteiger partial charge on any atom is 1.00 e. The summed E-state index contributed by atoms with van der Waals surface area (Å²) in [6.45, 7) is 4.47. The summed E-state index contributed by atoms with van der Waals surface area (Å²) in [7, 11) is 0. The van der Waals surface area contributed by atoms with Gasteiger partial charge < -0.3 is 24.1 Å². The van der Waals surface area contributed by atoms with Gasteiger partial charge in [0.2, 0.25) is 0 Å². The quantitative estimate of drug-likeness (QED) is 0.308. The SMILES string of the molecule is CC1(C)OC(=O)CC(=O)O1.C[C-]1OC(=O)C=C(CC(=O)O)O1.[Rb+]. The maximum atomic E-state index is 10.7. The van der Waals surface area contributed by atoms with Crippen LogP contribution in [0.2, 0.25) is 0 Å². The third-order valence-electron chi connectivity index (χ3n) is 2.13. The number of cyclic esters (lactones) is 3. The fourth-order valence-electron chi connectivity index (χ4n) is 1.53. The summed E-state index contributed by atoms with van der Waals surface area (Å²) in [6, 6.07) is 0. The minimum atomic E-state index is -1.08. The Morgan fingerprint density at radius 2 is 1.74 bits per heavy atom. The zero-order valence-electron chi connectivity index (χ0n) is 13.2. The van der Waals surface area contributed by atoms with Crippen molar-refractivity contribution < 1.29 is 101 Å². The van der Waals surface area contributed by atoms with Gasteiger partial charge in [0.1, 0.15) is 12.8 Å². The van der Waals surface area contributed by atoms with Gasteiger partial charge in [-0.1, -0.05) is 0 Å². The summed E-state index contributed by atoms with van der Waals surface area (Å²) in [6.07, 6.45) is 0.482. The second-order valence-corrected chi connectivity index (χ2v) is 4.72. The number of carboxylic acid groups (broad SMARTS) is 1. The fraction of sp³-hybridized carbons (Fsp3) is 0.462. The molecule has 0 aromatic heterocycles. The van der Waals surface area contributed by atoms with Crippen LogP contribution in [0.15, 0.2) is 11.8 Å². The minimum absolute atomic E-state index is 0. The van der Waals surface area contributed by atoms with Gasteiger partial charge in [0.15, 0.2) is 0 Å². The van der Waals surface area contributed by atoms with Gasteiger partial charge in [0, 0.05) is 20.1 Å². The number of hydrogen-bond donors (Lipinski definition) is 1. The molecule has 2 heterocycles. The number of hydrogen-bond acceptors (Lipinski definition) is 8. The number of carbonyl (C=O) groups excluding carboxylic acids is 3. The van der Waals surface area contributed by atoms with E-state index in [1.807, 2.05) is 0 Å².